The lowest BCUT2D eigenvalue weighted by Crippen LogP contribution is -2.36. The largest absolute Gasteiger partial charge is 0.421 e. The van der Waals surface area contributed by atoms with E-state index in [1.54, 1.807) is 0 Å². The van der Waals surface area contributed by atoms with Crippen molar-refractivity contribution in [2.75, 3.05) is 6.54 Å². The van der Waals surface area contributed by atoms with Gasteiger partial charge in [0.1, 0.15) is 0 Å². The molecule has 0 amide bonds. The number of aryl methyl sites for hydroxylation is 3. The molecule has 1 N–H and O–H groups in total. The van der Waals surface area contributed by atoms with E-state index < -0.39 is 0 Å². The van der Waals surface area contributed by atoms with Gasteiger partial charge in [-0.3, -0.25) is 0 Å². The molecule has 0 unspecified atom stereocenters. The Labute approximate surface area is 125 Å². The highest BCUT2D eigenvalue weighted by atomic mass is 16.4. The topological polar surface area (TPSA) is 76.7 Å². The fraction of sp³-hybridized carbons (Fsp3) is 0.600. The van der Waals surface area contributed by atoms with Gasteiger partial charge in [-0.15, -0.1) is 10.2 Å². The zero-order valence-electron chi connectivity index (χ0n) is 13.4. The lowest BCUT2D eigenvalue weighted by molar-refractivity contribution is 0.412. The standard InChI is InChI=1S/C15H23N5O/c1-10-9-12(11(2)18-17-10)14-20-19-13(21-14)7-6-8-16-15(3,4)5/h9,16H,6-8H2,1-5H3. The molecular weight excluding hydrogens is 266 g/mol. The van der Waals surface area contributed by atoms with Crippen molar-refractivity contribution in [3.8, 4) is 11.5 Å². The zero-order valence-corrected chi connectivity index (χ0v) is 13.4. The first-order valence-electron chi connectivity index (χ1n) is 7.24. The average Bonchev–Trinajstić information content (AvgIpc) is 2.85. The molecule has 0 bridgehead atoms. The molecule has 0 aliphatic carbocycles. The van der Waals surface area contributed by atoms with E-state index in [4.69, 9.17) is 4.42 Å². The lowest BCUT2D eigenvalue weighted by atomic mass is 10.1. The van der Waals surface area contributed by atoms with E-state index in [0.29, 0.717) is 11.8 Å². The maximum Gasteiger partial charge on any atom is 0.249 e. The molecule has 114 valence electrons. The summed E-state index contributed by atoms with van der Waals surface area (Å²) in [6.07, 6.45) is 1.73. The average molecular weight is 289 g/mol. The summed E-state index contributed by atoms with van der Waals surface area (Å²) in [6, 6.07) is 1.92. The van der Waals surface area contributed by atoms with Crippen molar-refractivity contribution in [3.05, 3.63) is 23.3 Å². The molecule has 2 aromatic heterocycles. The molecule has 0 aliphatic heterocycles. The van der Waals surface area contributed by atoms with Gasteiger partial charge < -0.3 is 9.73 Å². The molecule has 2 aromatic rings. The summed E-state index contributed by atoms with van der Waals surface area (Å²) in [6.45, 7) is 11.2. The Hall–Kier alpha value is -1.82. The van der Waals surface area contributed by atoms with Gasteiger partial charge in [0.05, 0.1) is 17.0 Å². The molecule has 0 saturated carbocycles. The third-order valence-corrected chi connectivity index (χ3v) is 3.02. The predicted octanol–water partition coefficient (Wildman–Crippen LogP) is 2.46. The summed E-state index contributed by atoms with van der Waals surface area (Å²) in [5.41, 5.74) is 2.63. The van der Waals surface area contributed by atoms with Crippen molar-refractivity contribution in [2.24, 2.45) is 0 Å². The molecule has 0 aliphatic rings. The Bertz CT molecular complexity index is 600. The smallest absolute Gasteiger partial charge is 0.249 e. The number of aromatic nitrogens is 4. The van der Waals surface area contributed by atoms with Gasteiger partial charge in [-0.1, -0.05) is 0 Å². The van der Waals surface area contributed by atoms with Crippen molar-refractivity contribution in [3.63, 3.8) is 0 Å². The van der Waals surface area contributed by atoms with E-state index in [1.807, 2.05) is 19.9 Å². The van der Waals surface area contributed by atoms with E-state index in [2.05, 4.69) is 46.5 Å². The highest BCUT2D eigenvalue weighted by Gasteiger charge is 2.13. The van der Waals surface area contributed by atoms with Crippen LogP contribution >= 0.6 is 0 Å². The van der Waals surface area contributed by atoms with Crippen LogP contribution in [0.15, 0.2) is 10.5 Å². The first kappa shape index (κ1) is 15.6. The minimum atomic E-state index is 0.136. The second-order valence-electron chi connectivity index (χ2n) is 6.27. The molecule has 6 heteroatoms. The molecule has 0 saturated heterocycles. The lowest BCUT2D eigenvalue weighted by Gasteiger charge is -2.19. The van der Waals surface area contributed by atoms with E-state index in [0.717, 1.165) is 36.3 Å². The monoisotopic (exact) mass is 289 g/mol. The van der Waals surface area contributed by atoms with E-state index in [-0.39, 0.29) is 5.54 Å². The second-order valence-corrected chi connectivity index (χ2v) is 6.27. The van der Waals surface area contributed by atoms with Crippen LogP contribution in [0.25, 0.3) is 11.5 Å². The van der Waals surface area contributed by atoms with Crippen LogP contribution in [0.1, 0.15) is 44.5 Å². The molecular formula is C15H23N5O. The Kier molecular flexibility index (Phi) is 4.67. The Balaban J connectivity index is 1.97. The normalized spacial score (nSPS) is 11.9. The molecule has 0 spiro atoms. The van der Waals surface area contributed by atoms with Crippen LogP contribution in [-0.4, -0.2) is 32.5 Å². The number of hydrogen-bond donors (Lipinski definition) is 1. The van der Waals surface area contributed by atoms with E-state index in [9.17, 15) is 0 Å². The first-order chi connectivity index (χ1) is 9.85. The first-order valence-corrected chi connectivity index (χ1v) is 7.24. The highest BCUT2D eigenvalue weighted by molar-refractivity contribution is 5.55. The van der Waals surface area contributed by atoms with Crippen molar-refractivity contribution in [1.29, 1.82) is 0 Å². The highest BCUT2D eigenvalue weighted by Crippen LogP contribution is 2.21. The van der Waals surface area contributed by atoms with Crippen LogP contribution < -0.4 is 5.32 Å². The Morgan fingerprint density at radius 2 is 1.86 bits per heavy atom. The van der Waals surface area contributed by atoms with Gasteiger partial charge in [0.15, 0.2) is 0 Å². The molecule has 0 radical (unpaired) electrons. The van der Waals surface area contributed by atoms with Gasteiger partial charge in [-0.2, -0.15) is 10.2 Å². The number of nitrogens with zero attached hydrogens (tertiary/aromatic N) is 4. The third kappa shape index (κ3) is 4.60. The van der Waals surface area contributed by atoms with Crippen LogP contribution in [0.5, 0.6) is 0 Å². The van der Waals surface area contributed by atoms with Crippen LogP contribution in [0, 0.1) is 13.8 Å². The second kappa shape index (κ2) is 6.30. The minimum absolute atomic E-state index is 0.136. The van der Waals surface area contributed by atoms with Gasteiger partial charge in [0.25, 0.3) is 0 Å². The number of hydrogen-bond acceptors (Lipinski definition) is 6. The summed E-state index contributed by atoms with van der Waals surface area (Å²) >= 11 is 0. The SMILES string of the molecule is Cc1cc(-c2nnc(CCCNC(C)(C)C)o2)c(C)nn1. The van der Waals surface area contributed by atoms with Gasteiger partial charge in [0.2, 0.25) is 11.8 Å². The molecule has 2 heterocycles. The van der Waals surface area contributed by atoms with Gasteiger partial charge in [-0.25, -0.2) is 0 Å². The molecule has 0 aromatic carbocycles. The summed E-state index contributed by atoms with van der Waals surface area (Å²) in [7, 11) is 0. The quantitative estimate of drug-likeness (QED) is 0.852. The summed E-state index contributed by atoms with van der Waals surface area (Å²) in [4.78, 5) is 0. The Morgan fingerprint density at radius 1 is 1.10 bits per heavy atom. The summed E-state index contributed by atoms with van der Waals surface area (Å²) in [5.74, 6) is 1.18. The van der Waals surface area contributed by atoms with Crippen molar-refractivity contribution in [2.45, 2.75) is 53.0 Å². The van der Waals surface area contributed by atoms with Gasteiger partial charge in [-0.05, 0) is 53.7 Å². The Morgan fingerprint density at radius 3 is 2.57 bits per heavy atom. The van der Waals surface area contributed by atoms with Crippen LogP contribution in [-0.2, 0) is 6.42 Å². The van der Waals surface area contributed by atoms with Crippen LogP contribution in [0.2, 0.25) is 0 Å². The maximum absolute atomic E-state index is 5.72. The van der Waals surface area contributed by atoms with E-state index in [1.165, 1.54) is 0 Å². The van der Waals surface area contributed by atoms with Gasteiger partial charge >= 0.3 is 0 Å². The zero-order chi connectivity index (χ0) is 15.5. The minimum Gasteiger partial charge on any atom is -0.421 e. The van der Waals surface area contributed by atoms with Crippen molar-refractivity contribution in [1.82, 2.24) is 25.7 Å². The van der Waals surface area contributed by atoms with Crippen molar-refractivity contribution < 1.29 is 4.42 Å². The molecule has 21 heavy (non-hydrogen) atoms. The number of nitrogens with one attached hydrogen (secondary N) is 1. The molecule has 6 nitrogen and oxygen atoms in total. The van der Waals surface area contributed by atoms with Crippen LogP contribution in [0.3, 0.4) is 0 Å². The van der Waals surface area contributed by atoms with Gasteiger partial charge in [0, 0.05) is 12.0 Å². The fourth-order valence-electron chi connectivity index (χ4n) is 1.93. The van der Waals surface area contributed by atoms with Crippen LogP contribution in [0.4, 0.5) is 0 Å². The summed E-state index contributed by atoms with van der Waals surface area (Å²) < 4.78 is 5.72. The molecule has 2 rings (SSSR count). The number of rotatable bonds is 5. The fourth-order valence-corrected chi connectivity index (χ4v) is 1.93. The summed E-state index contributed by atoms with van der Waals surface area (Å²) in [5, 5.41) is 19.7. The third-order valence-electron chi connectivity index (χ3n) is 3.02. The van der Waals surface area contributed by atoms with Crippen molar-refractivity contribution >= 4 is 0 Å². The maximum atomic E-state index is 5.72. The molecule has 0 atom stereocenters. The molecule has 0 fully saturated rings. The predicted molar refractivity (Wildman–Crippen MR) is 80.9 cm³/mol. The van der Waals surface area contributed by atoms with E-state index >= 15 is 0 Å².